The van der Waals surface area contributed by atoms with Gasteiger partial charge in [-0.2, -0.15) is 11.8 Å². The Morgan fingerprint density at radius 3 is 2.12 bits per heavy atom. The monoisotopic (exact) mass is 376 g/mol. The summed E-state index contributed by atoms with van der Waals surface area (Å²) in [6.07, 6.45) is 3.37. The van der Waals surface area contributed by atoms with Crippen LogP contribution in [0, 0.1) is 5.92 Å². The molecule has 0 aliphatic heterocycles. The number of benzene rings is 2. The highest BCUT2D eigenvalue weighted by molar-refractivity contribution is 7.98. The van der Waals surface area contributed by atoms with Crippen LogP contribution in [0.25, 0.3) is 11.1 Å². The fraction of sp³-hybridized carbons (Fsp3) is 0.300. The van der Waals surface area contributed by atoms with E-state index in [0.29, 0.717) is 17.0 Å². The van der Waals surface area contributed by atoms with Crippen molar-refractivity contribution in [1.82, 2.24) is 0 Å². The predicted octanol–water partition coefficient (Wildman–Crippen LogP) is 5.42. The molecule has 1 unspecified atom stereocenters. The minimum Gasteiger partial charge on any atom is -0.481 e. The zero-order valence-corrected chi connectivity index (χ0v) is 15.6. The van der Waals surface area contributed by atoms with E-state index in [-0.39, 0.29) is 12.2 Å². The molecule has 2 aromatic rings. The van der Waals surface area contributed by atoms with E-state index in [0.717, 1.165) is 23.3 Å². The first-order chi connectivity index (χ1) is 12.0. The number of hydrogen-bond acceptors (Lipinski definition) is 3. The summed E-state index contributed by atoms with van der Waals surface area (Å²) < 4.78 is 0. The van der Waals surface area contributed by atoms with Crippen LogP contribution in [0.3, 0.4) is 0 Å². The van der Waals surface area contributed by atoms with Crippen LogP contribution in [0.1, 0.15) is 29.6 Å². The Morgan fingerprint density at radius 2 is 1.60 bits per heavy atom. The van der Waals surface area contributed by atoms with Gasteiger partial charge < -0.3 is 5.11 Å². The van der Waals surface area contributed by atoms with E-state index in [4.69, 9.17) is 11.6 Å². The SMILES string of the molecule is CSCCCC(CC(=O)c1ccc(-c2ccc(Cl)cc2)cc1)C(=O)O. The van der Waals surface area contributed by atoms with Gasteiger partial charge >= 0.3 is 5.97 Å². The normalized spacial score (nSPS) is 11.9. The lowest BCUT2D eigenvalue weighted by Crippen LogP contribution is -2.18. The lowest BCUT2D eigenvalue weighted by Gasteiger charge is -2.11. The number of hydrogen-bond donors (Lipinski definition) is 1. The molecule has 0 saturated heterocycles. The van der Waals surface area contributed by atoms with Gasteiger partial charge in [0.1, 0.15) is 0 Å². The number of carbonyl (C=O) groups excluding carboxylic acids is 1. The maximum atomic E-state index is 12.4. The van der Waals surface area contributed by atoms with Crippen molar-refractivity contribution in [1.29, 1.82) is 0 Å². The summed E-state index contributed by atoms with van der Waals surface area (Å²) in [7, 11) is 0. The number of carboxylic acid groups (broad SMARTS) is 1. The van der Waals surface area contributed by atoms with E-state index in [1.807, 2.05) is 42.7 Å². The Morgan fingerprint density at radius 1 is 1.04 bits per heavy atom. The van der Waals surface area contributed by atoms with Crippen molar-refractivity contribution in [2.24, 2.45) is 5.92 Å². The second-order valence-electron chi connectivity index (χ2n) is 5.88. The maximum absolute atomic E-state index is 12.4. The number of aliphatic carboxylic acids is 1. The molecule has 0 aliphatic carbocycles. The number of halogens is 1. The number of Topliss-reactive ketones (excluding diaryl/α,β-unsaturated/α-hetero) is 1. The average molecular weight is 377 g/mol. The van der Waals surface area contributed by atoms with E-state index in [2.05, 4.69) is 0 Å². The zero-order chi connectivity index (χ0) is 18.2. The summed E-state index contributed by atoms with van der Waals surface area (Å²) >= 11 is 7.58. The number of thioether (sulfide) groups is 1. The Hall–Kier alpha value is -1.78. The number of ketones is 1. The third-order valence-electron chi connectivity index (χ3n) is 4.07. The summed E-state index contributed by atoms with van der Waals surface area (Å²) in [4.78, 5) is 23.8. The van der Waals surface area contributed by atoms with Crippen LogP contribution in [0.15, 0.2) is 48.5 Å². The first-order valence-corrected chi connectivity index (χ1v) is 9.89. The van der Waals surface area contributed by atoms with Gasteiger partial charge in [-0.15, -0.1) is 0 Å². The summed E-state index contributed by atoms with van der Waals surface area (Å²) in [6, 6.07) is 14.8. The summed E-state index contributed by atoms with van der Waals surface area (Å²) in [5, 5.41) is 9.99. The van der Waals surface area contributed by atoms with Gasteiger partial charge in [0.15, 0.2) is 5.78 Å². The van der Waals surface area contributed by atoms with Gasteiger partial charge in [0, 0.05) is 17.0 Å². The van der Waals surface area contributed by atoms with Gasteiger partial charge in [-0.25, -0.2) is 0 Å². The van der Waals surface area contributed by atoms with Crippen molar-refractivity contribution in [3.63, 3.8) is 0 Å². The van der Waals surface area contributed by atoms with Crippen LogP contribution < -0.4 is 0 Å². The molecule has 2 rings (SSSR count). The largest absolute Gasteiger partial charge is 0.481 e. The van der Waals surface area contributed by atoms with Crippen LogP contribution in [0.4, 0.5) is 0 Å². The van der Waals surface area contributed by atoms with E-state index in [1.165, 1.54) is 0 Å². The Balaban J connectivity index is 2.03. The zero-order valence-electron chi connectivity index (χ0n) is 14.1. The summed E-state index contributed by atoms with van der Waals surface area (Å²) in [5.41, 5.74) is 2.56. The third kappa shape index (κ3) is 5.91. The Kier molecular flexibility index (Phi) is 7.53. The van der Waals surface area contributed by atoms with Crippen LogP contribution >= 0.6 is 23.4 Å². The molecule has 1 atom stereocenters. The van der Waals surface area contributed by atoms with E-state index in [9.17, 15) is 14.7 Å². The Bertz CT molecular complexity index is 711. The highest BCUT2D eigenvalue weighted by atomic mass is 35.5. The van der Waals surface area contributed by atoms with Crippen LogP contribution in [-0.2, 0) is 4.79 Å². The first kappa shape index (κ1) is 19.5. The molecule has 0 saturated carbocycles. The van der Waals surface area contributed by atoms with E-state index >= 15 is 0 Å². The quantitative estimate of drug-likeness (QED) is 0.468. The minimum atomic E-state index is -0.896. The maximum Gasteiger partial charge on any atom is 0.306 e. The van der Waals surface area contributed by atoms with E-state index in [1.54, 1.807) is 23.9 Å². The van der Waals surface area contributed by atoms with E-state index < -0.39 is 11.9 Å². The number of carboxylic acids is 1. The van der Waals surface area contributed by atoms with Crippen molar-refractivity contribution in [3.05, 3.63) is 59.1 Å². The minimum absolute atomic E-state index is 0.0456. The van der Waals surface area contributed by atoms with Crippen molar-refractivity contribution in [3.8, 4) is 11.1 Å². The molecule has 0 spiro atoms. The van der Waals surface area contributed by atoms with Crippen LogP contribution in [0.2, 0.25) is 5.02 Å². The molecular weight excluding hydrogens is 356 g/mol. The molecule has 2 aromatic carbocycles. The topological polar surface area (TPSA) is 54.4 Å². The standard InChI is InChI=1S/C20H21ClO3S/c1-25-12-2-3-17(20(23)24)13-19(22)16-6-4-14(5-7-16)15-8-10-18(21)11-9-15/h4-11,17H,2-3,12-13H2,1H3,(H,23,24). The lowest BCUT2D eigenvalue weighted by atomic mass is 9.93. The van der Waals surface area contributed by atoms with Crippen molar-refractivity contribution in [2.75, 3.05) is 12.0 Å². The number of rotatable bonds is 9. The smallest absolute Gasteiger partial charge is 0.306 e. The third-order valence-corrected chi connectivity index (χ3v) is 5.02. The molecule has 25 heavy (non-hydrogen) atoms. The van der Waals surface area contributed by atoms with Gasteiger partial charge in [-0.05, 0) is 48.1 Å². The molecular formula is C20H21ClO3S. The highest BCUT2D eigenvalue weighted by Crippen LogP contribution is 2.23. The van der Waals surface area contributed by atoms with Gasteiger partial charge in [0.05, 0.1) is 5.92 Å². The van der Waals surface area contributed by atoms with Crippen molar-refractivity contribution in [2.45, 2.75) is 19.3 Å². The lowest BCUT2D eigenvalue weighted by molar-refractivity contribution is -0.141. The molecule has 5 heteroatoms. The summed E-state index contributed by atoms with van der Waals surface area (Å²) in [6.45, 7) is 0. The number of carbonyl (C=O) groups is 2. The predicted molar refractivity (Wildman–Crippen MR) is 105 cm³/mol. The second-order valence-corrected chi connectivity index (χ2v) is 7.30. The molecule has 0 aliphatic rings. The first-order valence-electron chi connectivity index (χ1n) is 8.12. The van der Waals surface area contributed by atoms with Gasteiger partial charge in [0.2, 0.25) is 0 Å². The summed E-state index contributed by atoms with van der Waals surface area (Å²) in [5.74, 6) is -0.727. The fourth-order valence-corrected chi connectivity index (χ4v) is 3.20. The van der Waals surface area contributed by atoms with Crippen LogP contribution in [-0.4, -0.2) is 28.9 Å². The molecule has 0 heterocycles. The van der Waals surface area contributed by atoms with Gasteiger partial charge in [-0.1, -0.05) is 48.0 Å². The molecule has 0 amide bonds. The average Bonchev–Trinajstić information content (AvgIpc) is 2.61. The molecule has 3 nitrogen and oxygen atoms in total. The van der Waals surface area contributed by atoms with Gasteiger partial charge in [-0.3, -0.25) is 9.59 Å². The molecule has 0 bridgehead atoms. The van der Waals surface area contributed by atoms with Crippen molar-refractivity contribution >= 4 is 35.1 Å². The molecule has 0 fully saturated rings. The van der Waals surface area contributed by atoms with Gasteiger partial charge in [0.25, 0.3) is 0 Å². The highest BCUT2D eigenvalue weighted by Gasteiger charge is 2.21. The molecule has 1 N–H and O–H groups in total. The Labute approximate surface area is 157 Å². The second kappa shape index (κ2) is 9.64. The fourth-order valence-electron chi connectivity index (χ4n) is 2.62. The molecule has 0 radical (unpaired) electrons. The van der Waals surface area contributed by atoms with Crippen molar-refractivity contribution < 1.29 is 14.7 Å². The molecule has 132 valence electrons. The van der Waals surface area contributed by atoms with Crippen LogP contribution in [0.5, 0.6) is 0 Å². The molecule has 0 aromatic heterocycles.